The number of fused-ring (bicyclic) bond motifs is 1. The van der Waals surface area contributed by atoms with Gasteiger partial charge in [0.2, 0.25) is 5.91 Å². The molecule has 130 valence electrons. The number of halogens is 3. The molecule has 0 saturated carbocycles. The highest BCUT2D eigenvalue weighted by Gasteiger charge is 2.37. The number of amidine groups is 1. The van der Waals surface area contributed by atoms with Crippen LogP contribution in [0.5, 0.6) is 0 Å². The molecule has 0 fully saturated rings. The Morgan fingerprint density at radius 2 is 2.00 bits per heavy atom. The zero-order chi connectivity index (χ0) is 18.2. The number of hydrogen-bond acceptors (Lipinski definition) is 3. The Kier molecular flexibility index (Phi) is 4.32. The molecule has 1 atom stereocenters. The van der Waals surface area contributed by atoms with Gasteiger partial charge in [-0.05, 0) is 35.7 Å². The van der Waals surface area contributed by atoms with Crippen molar-refractivity contribution in [1.82, 2.24) is 10.3 Å². The molecule has 2 heterocycles. The van der Waals surface area contributed by atoms with Gasteiger partial charge in [-0.3, -0.25) is 14.8 Å². The van der Waals surface area contributed by atoms with Crippen LogP contribution in [0, 0.1) is 0 Å². The van der Waals surface area contributed by atoms with E-state index in [1.165, 1.54) is 13.1 Å². The standard InChI is InChI=1S/C18H16F3N3O/c1-3-14-12(5-4-8-23-14)15-13-9-10(18(19,20)21)6-7-11(13)16(22-2)24-17(15)25/h4-9,15H,3H2,1-2H3,(H,22,24,25). The van der Waals surface area contributed by atoms with Crippen LogP contribution in [0.2, 0.25) is 0 Å². The lowest BCUT2D eigenvalue weighted by molar-refractivity contribution is -0.137. The van der Waals surface area contributed by atoms with E-state index in [1.54, 1.807) is 18.3 Å². The van der Waals surface area contributed by atoms with Crippen LogP contribution >= 0.6 is 0 Å². The van der Waals surface area contributed by atoms with E-state index in [-0.39, 0.29) is 5.84 Å². The second-order valence-corrected chi connectivity index (χ2v) is 5.69. The molecular weight excluding hydrogens is 331 g/mol. The SMILES string of the molecule is CCc1ncccc1C1C(=O)NC(=NC)c2ccc(C(F)(F)F)cc21. The summed E-state index contributed by atoms with van der Waals surface area (Å²) in [5, 5.41) is 2.68. The van der Waals surface area contributed by atoms with Crippen molar-refractivity contribution in [1.29, 1.82) is 0 Å². The first-order valence-electron chi connectivity index (χ1n) is 7.79. The van der Waals surface area contributed by atoms with E-state index in [9.17, 15) is 18.0 Å². The molecule has 1 aromatic carbocycles. The summed E-state index contributed by atoms with van der Waals surface area (Å²) in [6, 6.07) is 6.81. The van der Waals surface area contributed by atoms with E-state index in [2.05, 4.69) is 15.3 Å². The monoisotopic (exact) mass is 347 g/mol. The third kappa shape index (κ3) is 3.01. The second kappa shape index (κ2) is 6.31. The van der Waals surface area contributed by atoms with E-state index < -0.39 is 23.6 Å². The molecule has 25 heavy (non-hydrogen) atoms. The number of nitrogens with zero attached hydrogens (tertiary/aromatic N) is 2. The maximum atomic E-state index is 13.2. The summed E-state index contributed by atoms with van der Waals surface area (Å²) in [6.45, 7) is 1.89. The molecular formula is C18H16F3N3O. The minimum Gasteiger partial charge on any atom is -0.310 e. The summed E-state index contributed by atoms with van der Waals surface area (Å²) in [7, 11) is 1.49. The topological polar surface area (TPSA) is 54.4 Å². The van der Waals surface area contributed by atoms with Gasteiger partial charge in [0.1, 0.15) is 5.84 Å². The van der Waals surface area contributed by atoms with Gasteiger partial charge < -0.3 is 5.32 Å². The number of carbonyl (C=O) groups excluding carboxylic acids is 1. The molecule has 3 rings (SSSR count). The molecule has 0 spiro atoms. The Morgan fingerprint density at radius 3 is 2.64 bits per heavy atom. The molecule has 4 nitrogen and oxygen atoms in total. The maximum Gasteiger partial charge on any atom is 0.416 e. The number of amides is 1. The highest BCUT2D eigenvalue weighted by Crippen LogP contribution is 2.37. The number of aromatic nitrogens is 1. The van der Waals surface area contributed by atoms with Gasteiger partial charge in [-0.15, -0.1) is 0 Å². The number of aliphatic imine (C=N–C) groups is 1. The fourth-order valence-corrected chi connectivity index (χ4v) is 3.08. The van der Waals surface area contributed by atoms with Gasteiger partial charge >= 0.3 is 6.18 Å². The normalized spacial score (nSPS) is 18.8. The van der Waals surface area contributed by atoms with Crippen molar-refractivity contribution in [2.24, 2.45) is 4.99 Å². The largest absolute Gasteiger partial charge is 0.416 e. The van der Waals surface area contributed by atoms with Crippen LogP contribution in [0.4, 0.5) is 13.2 Å². The van der Waals surface area contributed by atoms with Gasteiger partial charge in [-0.1, -0.05) is 19.1 Å². The molecule has 1 aliphatic heterocycles. The van der Waals surface area contributed by atoms with Crippen molar-refractivity contribution in [2.75, 3.05) is 7.05 Å². The minimum atomic E-state index is -4.49. The fraction of sp³-hybridized carbons (Fsp3) is 0.278. The van der Waals surface area contributed by atoms with Gasteiger partial charge in [0, 0.05) is 24.5 Å². The fourth-order valence-electron chi connectivity index (χ4n) is 3.08. The van der Waals surface area contributed by atoms with Crippen LogP contribution in [0.25, 0.3) is 0 Å². The Hall–Kier alpha value is -2.70. The lowest BCUT2D eigenvalue weighted by atomic mass is 9.82. The van der Waals surface area contributed by atoms with E-state index in [0.29, 0.717) is 28.8 Å². The third-order valence-electron chi connectivity index (χ3n) is 4.24. The number of carbonyl (C=O) groups is 1. The molecule has 1 aliphatic rings. The van der Waals surface area contributed by atoms with Crippen molar-refractivity contribution in [3.63, 3.8) is 0 Å². The van der Waals surface area contributed by atoms with Crippen LogP contribution in [-0.4, -0.2) is 23.8 Å². The van der Waals surface area contributed by atoms with Crippen LogP contribution in [0.1, 0.15) is 40.8 Å². The first-order valence-corrected chi connectivity index (χ1v) is 7.79. The second-order valence-electron chi connectivity index (χ2n) is 5.69. The van der Waals surface area contributed by atoms with Gasteiger partial charge in [0.05, 0.1) is 11.5 Å². The van der Waals surface area contributed by atoms with Crippen molar-refractivity contribution >= 4 is 11.7 Å². The van der Waals surface area contributed by atoms with Gasteiger partial charge in [0.15, 0.2) is 0 Å². The van der Waals surface area contributed by atoms with Gasteiger partial charge in [-0.25, -0.2) is 0 Å². The summed E-state index contributed by atoms with van der Waals surface area (Å²) in [4.78, 5) is 20.9. The van der Waals surface area contributed by atoms with E-state index in [4.69, 9.17) is 0 Å². The highest BCUT2D eigenvalue weighted by atomic mass is 19.4. The number of pyridine rings is 1. The predicted molar refractivity (Wildman–Crippen MR) is 87.5 cm³/mol. The van der Waals surface area contributed by atoms with Crippen molar-refractivity contribution in [3.05, 3.63) is 64.5 Å². The summed E-state index contributed by atoms with van der Waals surface area (Å²) < 4.78 is 39.5. The van der Waals surface area contributed by atoms with Gasteiger partial charge in [-0.2, -0.15) is 13.2 Å². The number of nitrogens with one attached hydrogen (secondary N) is 1. The first-order chi connectivity index (χ1) is 11.9. The first kappa shape index (κ1) is 17.1. The molecule has 0 bridgehead atoms. The van der Waals surface area contributed by atoms with Crippen molar-refractivity contribution in [3.8, 4) is 0 Å². The summed E-state index contributed by atoms with van der Waals surface area (Å²) in [5.41, 5.74) is 1.29. The molecule has 1 amide bonds. The molecule has 0 saturated heterocycles. The van der Waals surface area contributed by atoms with Crippen molar-refractivity contribution < 1.29 is 18.0 Å². The number of alkyl halides is 3. The predicted octanol–water partition coefficient (Wildman–Crippen LogP) is 3.30. The zero-order valence-electron chi connectivity index (χ0n) is 13.7. The van der Waals surface area contributed by atoms with Gasteiger partial charge in [0.25, 0.3) is 0 Å². The number of aryl methyl sites for hydroxylation is 1. The lowest BCUT2D eigenvalue weighted by Crippen LogP contribution is -2.42. The zero-order valence-corrected chi connectivity index (χ0v) is 13.7. The van der Waals surface area contributed by atoms with Crippen LogP contribution in [-0.2, 0) is 17.4 Å². The lowest BCUT2D eigenvalue weighted by Gasteiger charge is -2.28. The summed E-state index contributed by atoms with van der Waals surface area (Å²) >= 11 is 0. The molecule has 2 aromatic rings. The molecule has 0 radical (unpaired) electrons. The maximum absolute atomic E-state index is 13.2. The highest BCUT2D eigenvalue weighted by molar-refractivity contribution is 6.15. The Balaban J connectivity index is 2.26. The van der Waals surface area contributed by atoms with Crippen molar-refractivity contribution in [2.45, 2.75) is 25.4 Å². The van der Waals surface area contributed by atoms with E-state index in [1.807, 2.05) is 6.92 Å². The summed E-state index contributed by atoms with van der Waals surface area (Å²) in [6.07, 6.45) is -2.31. The smallest absolute Gasteiger partial charge is 0.310 e. The quantitative estimate of drug-likeness (QED) is 0.906. The van der Waals surface area contributed by atoms with E-state index in [0.717, 1.165) is 12.1 Å². The molecule has 1 unspecified atom stereocenters. The number of benzene rings is 1. The number of rotatable bonds is 2. The average Bonchev–Trinajstić information content (AvgIpc) is 2.59. The average molecular weight is 347 g/mol. The Morgan fingerprint density at radius 1 is 1.24 bits per heavy atom. The third-order valence-corrected chi connectivity index (χ3v) is 4.24. The Labute approximate surface area is 142 Å². The number of hydrogen-bond donors (Lipinski definition) is 1. The molecule has 1 aromatic heterocycles. The van der Waals surface area contributed by atoms with E-state index >= 15 is 0 Å². The Bertz CT molecular complexity index is 859. The van der Waals surface area contributed by atoms with Crippen LogP contribution in [0.15, 0.2) is 41.5 Å². The summed E-state index contributed by atoms with van der Waals surface area (Å²) in [5.74, 6) is -0.992. The molecule has 0 aliphatic carbocycles. The minimum absolute atomic E-state index is 0.270. The van der Waals surface area contributed by atoms with Crippen LogP contribution in [0.3, 0.4) is 0 Å². The molecule has 7 heteroatoms. The van der Waals surface area contributed by atoms with Crippen LogP contribution < -0.4 is 5.32 Å². The molecule has 1 N–H and O–H groups in total.